The van der Waals surface area contributed by atoms with Gasteiger partial charge in [0.25, 0.3) is 0 Å². The fraction of sp³-hybridized carbons (Fsp3) is 0.533. The van der Waals surface area contributed by atoms with E-state index in [1.165, 1.54) is 0 Å². The molecule has 1 aliphatic carbocycles. The summed E-state index contributed by atoms with van der Waals surface area (Å²) in [6.07, 6.45) is 1.06. The smallest absolute Gasteiger partial charge is 0.248 e. The molecule has 1 aromatic rings. The minimum absolute atomic E-state index is 0.00481. The fourth-order valence-electron chi connectivity index (χ4n) is 2.88. The summed E-state index contributed by atoms with van der Waals surface area (Å²) in [6, 6.07) is 5.42. The number of hydrogen-bond acceptors (Lipinski definition) is 2. The maximum absolute atomic E-state index is 13.1. The third-order valence-corrected chi connectivity index (χ3v) is 4.06. The van der Waals surface area contributed by atoms with E-state index in [-0.39, 0.29) is 24.5 Å². The van der Waals surface area contributed by atoms with Gasteiger partial charge in [-0.2, -0.15) is 0 Å². The molecule has 2 nitrogen and oxygen atoms in total. The first-order valence-electron chi connectivity index (χ1n) is 6.73. The Morgan fingerprint density at radius 2 is 2.00 bits per heavy atom. The zero-order valence-corrected chi connectivity index (χ0v) is 10.6. The highest BCUT2D eigenvalue weighted by Gasteiger charge is 2.37. The van der Waals surface area contributed by atoms with Gasteiger partial charge in [-0.25, -0.2) is 8.78 Å². The van der Waals surface area contributed by atoms with Crippen LogP contribution in [0, 0.1) is 5.92 Å². The van der Waals surface area contributed by atoms with Crippen LogP contribution in [0.15, 0.2) is 18.2 Å². The standard InChI is InChI=1S/C15H16F2O2/c16-15(17)6-3-10(4-7-15)14(18)12-1-2-13-11(9-12)5-8-19-13/h1-2,9-10H,3-8H2. The van der Waals surface area contributed by atoms with Gasteiger partial charge in [-0.15, -0.1) is 0 Å². The summed E-state index contributed by atoms with van der Waals surface area (Å²) in [4.78, 5) is 12.3. The molecule has 102 valence electrons. The molecule has 1 fully saturated rings. The number of halogens is 2. The summed E-state index contributed by atoms with van der Waals surface area (Å²) < 4.78 is 31.6. The van der Waals surface area contributed by atoms with Gasteiger partial charge < -0.3 is 4.74 Å². The summed E-state index contributed by atoms with van der Waals surface area (Å²) in [7, 11) is 0. The van der Waals surface area contributed by atoms with Crippen LogP contribution in [0.2, 0.25) is 0 Å². The molecular formula is C15H16F2O2. The zero-order valence-electron chi connectivity index (χ0n) is 10.6. The molecule has 3 rings (SSSR count). The summed E-state index contributed by atoms with van der Waals surface area (Å²) in [5, 5.41) is 0. The highest BCUT2D eigenvalue weighted by atomic mass is 19.3. The molecule has 0 radical (unpaired) electrons. The van der Waals surface area contributed by atoms with Gasteiger partial charge in [0.1, 0.15) is 5.75 Å². The van der Waals surface area contributed by atoms with E-state index in [0.29, 0.717) is 25.0 Å². The lowest BCUT2D eigenvalue weighted by Gasteiger charge is -2.27. The summed E-state index contributed by atoms with van der Waals surface area (Å²) in [5.74, 6) is -1.99. The molecule has 0 spiro atoms. The Bertz CT molecular complexity index is 501. The first kappa shape index (κ1) is 12.6. The second-order valence-electron chi connectivity index (χ2n) is 5.42. The van der Waals surface area contributed by atoms with E-state index in [4.69, 9.17) is 4.74 Å². The quantitative estimate of drug-likeness (QED) is 0.764. The average molecular weight is 266 g/mol. The zero-order chi connectivity index (χ0) is 13.5. The molecular weight excluding hydrogens is 250 g/mol. The highest BCUT2D eigenvalue weighted by molar-refractivity contribution is 5.98. The van der Waals surface area contributed by atoms with Crippen molar-refractivity contribution >= 4 is 5.78 Å². The molecule has 1 aromatic carbocycles. The molecule has 1 heterocycles. The van der Waals surface area contributed by atoms with Crippen molar-refractivity contribution in [3.63, 3.8) is 0 Å². The predicted octanol–water partition coefficient (Wildman–Crippen LogP) is 3.63. The fourth-order valence-corrected chi connectivity index (χ4v) is 2.88. The van der Waals surface area contributed by atoms with Crippen molar-refractivity contribution in [3.05, 3.63) is 29.3 Å². The van der Waals surface area contributed by atoms with Crippen molar-refractivity contribution in [2.75, 3.05) is 6.61 Å². The number of carbonyl (C=O) groups excluding carboxylic acids is 1. The Balaban J connectivity index is 1.74. The van der Waals surface area contributed by atoms with Crippen LogP contribution in [-0.4, -0.2) is 18.3 Å². The maximum Gasteiger partial charge on any atom is 0.248 e. The molecule has 1 aliphatic heterocycles. The van der Waals surface area contributed by atoms with E-state index in [2.05, 4.69) is 0 Å². The van der Waals surface area contributed by atoms with Crippen molar-refractivity contribution in [2.24, 2.45) is 5.92 Å². The largest absolute Gasteiger partial charge is 0.493 e. The first-order valence-corrected chi connectivity index (χ1v) is 6.73. The van der Waals surface area contributed by atoms with Crippen LogP contribution < -0.4 is 4.74 Å². The molecule has 0 aromatic heterocycles. The Morgan fingerprint density at radius 3 is 2.74 bits per heavy atom. The number of Topliss-reactive ketones (excluding diaryl/α,β-unsaturated/α-hetero) is 1. The van der Waals surface area contributed by atoms with Crippen molar-refractivity contribution in [3.8, 4) is 5.75 Å². The molecule has 0 atom stereocenters. The van der Waals surface area contributed by atoms with Crippen LogP contribution in [0.4, 0.5) is 8.78 Å². The monoisotopic (exact) mass is 266 g/mol. The van der Waals surface area contributed by atoms with E-state index in [9.17, 15) is 13.6 Å². The number of ether oxygens (including phenoxy) is 1. The summed E-state index contributed by atoms with van der Waals surface area (Å²) in [6.45, 7) is 0.655. The van der Waals surface area contributed by atoms with Crippen molar-refractivity contribution in [1.82, 2.24) is 0 Å². The molecule has 19 heavy (non-hydrogen) atoms. The van der Waals surface area contributed by atoms with E-state index < -0.39 is 5.92 Å². The van der Waals surface area contributed by atoms with Gasteiger partial charge >= 0.3 is 0 Å². The topological polar surface area (TPSA) is 26.3 Å². The molecule has 0 saturated heterocycles. The van der Waals surface area contributed by atoms with Gasteiger partial charge in [-0.1, -0.05) is 0 Å². The predicted molar refractivity (Wildman–Crippen MR) is 66.9 cm³/mol. The summed E-state index contributed by atoms with van der Waals surface area (Å²) >= 11 is 0. The van der Waals surface area contributed by atoms with Crippen molar-refractivity contribution in [2.45, 2.75) is 38.0 Å². The first-order chi connectivity index (χ1) is 9.05. The van der Waals surface area contributed by atoms with E-state index in [0.717, 1.165) is 17.7 Å². The maximum atomic E-state index is 13.1. The summed E-state index contributed by atoms with van der Waals surface area (Å²) in [5.41, 5.74) is 1.69. The third kappa shape index (κ3) is 2.48. The number of hydrogen-bond donors (Lipinski definition) is 0. The lowest BCUT2D eigenvalue weighted by molar-refractivity contribution is -0.0424. The number of alkyl halides is 2. The molecule has 0 N–H and O–H groups in total. The van der Waals surface area contributed by atoms with Gasteiger partial charge in [0, 0.05) is 30.7 Å². The average Bonchev–Trinajstić information content (AvgIpc) is 2.85. The number of fused-ring (bicyclic) bond motifs is 1. The Kier molecular flexibility index (Phi) is 3.03. The van der Waals surface area contributed by atoms with Crippen molar-refractivity contribution in [1.29, 1.82) is 0 Å². The van der Waals surface area contributed by atoms with E-state index >= 15 is 0 Å². The van der Waals surface area contributed by atoms with Crippen LogP contribution in [0.1, 0.15) is 41.6 Å². The number of carbonyl (C=O) groups is 1. The SMILES string of the molecule is O=C(c1ccc2c(c1)CCO2)C1CCC(F)(F)CC1. The Hall–Kier alpha value is -1.45. The normalized spacial score (nSPS) is 21.8. The van der Waals surface area contributed by atoms with Gasteiger partial charge in [0.2, 0.25) is 5.92 Å². The lowest BCUT2D eigenvalue weighted by atomic mass is 9.82. The number of benzene rings is 1. The number of rotatable bonds is 2. The third-order valence-electron chi connectivity index (χ3n) is 4.06. The van der Waals surface area contributed by atoms with E-state index in [1.54, 1.807) is 6.07 Å². The molecule has 0 unspecified atom stereocenters. The molecule has 1 saturated carbocycles. The van der Waals surface area contributed by atoms with Gasteiger partial charge in [0.05, 0.1) is 6.61 Å². The lowest BCUT2D eigenvalue weighted by Crippen LogP contribution is -2.28. The second-order valence-corrected chi connectivity index (χ2v) is 5.42. The van der Waals surface area contributed by atoms with Gasteiger partial charge in [-0.3, -0.25) is 4.79 Å². The Labute approximate surface area is 110 Å². The van der Waals surface area contributed by atoms with Crippen LogP contribution in [0.25, 0.3) is 0 Å². The molecule has 0 bridgehead atoms. The van der Waals surface area contributed by atoms with Crippen LogP contribution in [-0.2, 0) is 6.42 Å². The van der Waals surface area contributed by atoms with E-state index in [1.807, 2.05) is 12.1 Å². The minimum Gasteiger partial charge on any atom is -0.493 e. The highest BCUT2D eigenvalue weighted by Crippen LogP contribution is 2.38. The van der Waals surface area contributed by atoms with Crippen LogP contribution in [0.3, 0.4) is 0 Å². The second kappa shape index (κ2) is 4.58. The molecule has 0 amide bonds. The minimum atomic E-state index is -2.58. The van der Waals surface area contributed by atoms with Gasteiger partial charge in [-0.05, 0) is 36.6 Å². The molecule has 4 heteroatoms. The van der Waals surface area contributed by atoms with Crippen LogP contribution in [0.5, 0.6) is 5.75 Å². The number of ketones is 1. The Morgan fingerprint density at radius 1 is 1.26 bits per heavy atom. The molecule has 2 aliphatic rings. The van der Waals surface area contributed by atoms with Gasteiger partial charge in [0.15, 0.2) is 5.78 Å². The van der Waals surface area contributed by atoms with Crippen molar-refractivity contribution < 1.29 is 18.3 Å². The van der Waals surface area contributed by atoms with Crippen LogP contribution >= 0.6 is 0 Å².